The van der Waals surface area contributed by atoms with Gasteiger partial charge >= 0.3 is 6.01 Å². The van der Waals surface area contributed by atoms with Crippen LogP contribution in [0.3, 0.4) is 0 Å². The molecule has 0 saturated heterocycles. The van der Waals surface area contributed by atoms with Crippen molar-refractivity contribution in [3.63, 3.8) is 0 Å². The fraction of sp³-hybridized carbons (Fsp3) is 0.357. The van der Waals surface area contributed by atoms with Crippen LogP contribution in [0.4, 0.5) is 5.95 Å². The van der Waals surface area contributed by atoms with Crippen molar-refractivity contribution in [1.29, 1.82) is 0 Å². The van der Waals surface area contributed by atoms with Crippen LogP contribution in [0, 0.1) is 6.92 Å². The van der Waals surface area contributed by atoms with Crippen molar-refractivity contribution in [2.75, 3.05) is 19.0 Å². The number of benzene rings is 1. The van der Waals surface area contributed by atoms with Crippen LogP contribution in [0.5, 0.6) is 6.01 Å². The van der Waals surface area contributed by atoms with Crippen LogP contribution in [0.2, 0.25) is 0 Å². The third-order valence-corrected chi connectivity index (χ3v) is 3.41. The molecule has 6 heteroatoms. The minimum atomic E-state index is 0.327. The molecule has 0 fully saturated rings. The quantitative estimate of drug-likeness (QED) is 0.882. The van der Waals surface area contributed by atoms with Gasteiger partial charge in [-0.3, -0.25) is 0 Å². The van der Waals surface area contributed by atoms with E-state index in [4.69, 9.17) is 4.74 Å². The Balaban J connectivity index is 2.19. The first-order valence-electron chi connectivity index (χ1n) is 6.49. The molecule has 0 spiro atoms. The molecule has 0 unspecified atom stereocenters. The number of anilines is 1. The summed E-state index contributed by atoms with van der Waals surface area (Å²) in [5.74, 6) is 0.549. The minimum Gasteiger partial charge on any atom is -0.467 e. The maximum atomic E-state index is 5.12. The average molecular weight is 290 g/mol. The Labute approximate surface area is 123 Å². The Morgan fingerprint density at radius 2 is 1.90 bits per heavy atom. The van der Waals surface area contributed by atoms with Crippen LogP contribution < -0.4 is 10.1 Å². The molecular weight excluding hydrogens is 272 g/mol. The van der Waals surface area contributed by atoms with E-state index in [2.05, 4.69) is 58.4 Å². The van der Waals surface area contributed by atoms with Gasteiger partial charge in [-0.15, -0.1) is 0 Å². The first kappa shape index (κ1) is 14.6. The Kier molecular flexibility index (Phi) is 5.17. The van der Waals surface area contributed by atoms with E-state index in [-0.39, 0.29) is 0 Å². The molecular formula is C14H18N4OS. The molecule has 0 aliphatic rings. The number of aryl methyl sites for hydroxylation is 1. The summed E-state index contributed by atoms with van der Waals surface area (Å²) in [6.07, 6.45) is 1.01. The largest absolute Gasteiger partial charge is 0.467 e. The summed E-state index contributed by atoms with van der Waals surface area (Å²) in [4.78, 5) is 13.9. The number of nitrogens with zero attached hydrogens (tertiary/aromatic N) is 3. The van der Waals surface area contributed by atoms with Crippen molar-refractivity contribution < 1.29 is 4.74 Å². The Hall–Kier alpha value is -1.82. The Morgan fingerprint density at radius 3 is 2.55 bits per heavy atom. The topological polar surface area (TPSA) is 59.9 Å². The highest BCUT2D eigenvalue weighted by molar-refractivity contribution is 7.99. The number of rotatable bonds is 6. The second-order valence-corrected chi connectivity index (χ2v) is 5.31. The summed E-state index contributed by atoms with van der Waals surface area (Å²) in [5, 5.41) is 3.77. The predicted molar refractivity (Wildman–Crippen MR) is 80.5 cm³/mol. The summed E-state index contributed by atoms with van der Waals surface area (Å²) in [5.41, 5.74) is 1.23. The predicted octanol–water partition coefficient (Wildman–Crippen LogP) is 3.16. The van der Waals surface area contributed by atoms with Gasteiger partial charge in [-0.1, -0.05) is 24.6 Å². The second kappa shape index (κ2) is 7.09. The van der Waals surface area contributed by atoms with Gasteiger partial charge in [0.2, 0.25) is 11.1 Å². The van der Waals surface area contributed by atoms with E-state index < -0.39 is 0 Å². The van der Waals surface area contributed by atoms with Gasteiger partial charge in [0.1, 0.15) is 0 Å². The minimum absolute atomic E-state index is 0.327. The van der Waals surface area contributed by atoms with Crippen LogP contribution in [0.25, 0.3) is 0 Å². The van der Waals surface area contributed by atoms with Gasteiger partial charge in [-0.2, -0.15) is 15.0 Å². The Morgan fingerprint density at radius 1 is 1.15 bits per heavy atom. The number of hydrogen-bond donors (Lipinski definition) is 1. The molecule has 0 bridgehead atoms. The van der Waals surface area contributed by atoms with Crippen LogP contribution in [0.1, 0.15) is 18.9 Å². The number of methoxy groups -OCH3 is 1. The van der Waals surface area contributed by atoms with Gasteiger partial charge < -0.3 is 10.1 Å². The first-order chi connectivity index (χ1) is 9.71. The highest BCUT2D eigenvalue weighted by Crippen LogP contribution is 2.26. The normalized spacial score (nSPS) is 10.3. The molecule has 5 nitrogen and oxygen atoms in total. The summed E-state index contributed by atoms with van der Waals surface area (Å²) in [6.45, 7) is 4.97. The number of ether oxygens (including phenoxy) is 1. The standard InChI is InChI=1S/C14H18N4OS/c1-4-9-15-12-16-13(19-3)18-14(17-12)20-11-7-5-10(2)6-8-11/h5-8H,4,9H2,1-3H3,(H,15,16,17,18). The average Bonchev–Trinajstić information content (AvgIpc) is 2.47. The highest BCUT2D eigenvalue weighted by Gasteiger charge is 2.08. The summed E-state index contributed by atoms with van der Waals surface area (Å²) in [6, 6.07) is 8.56. The molecule has 1 aromatic carbocycles. The number of hydrogen-bond acceptors (Lipinski definition) is 6. The van der Waals surface area contributed by atoms with Gasteiger partial charge in [0, 0.05) is 11.4 Å². The van der Waals surface area contributed by atoms with Crippen LogP contribution in [0.15, 0.2) is 34.3 Å². The van der Waals surface area contributed by atoms with Gasteiger partial charge in [-0.25, -0.2) is 0 Å². The fourth-order valence-corrected chi connectivity index (χ4v) is 2.24. The SMILES string of the molecule is CCCNc1nc(OC)nc(Sc2ccc(C)cc2)n1. The maximum absolute atomic E-state index is 5.12. The number of nitrogens with one attached hydrogen (secondary N) is 1. The molecule has 1 aromatic heterocycles. The van der Waals surface area contributed by atoms with E-state index in [0.29, 0.717) is 17.1 Å². The molecule has 0 amide bonds. The van der Waals surface area contributed by atoms with Crippen molar-refractivity contribution in [3.05, 3.63) is 29.8 Å². The zero-order valence-corrected chi connectivity index (χ0v) is 12.7. The van der Waals surface area contributed by atoms with E-state index >= 15 is 0 Å². The van der Waals surface area contributed by atoms with E-state index in [9.17, 15) is 0 Å². The third kappa shape index (κ3) is 4.09. The number of aromatic nitrogens is 3. The molecule has 0 atom stereocenters. The van der Waals surface area contributed by atoms with Gasteiger partial charge in [0.05, 0.1) is 7.11 Å². The molecule has 1 N–H and O–H groups in total. The summed E-state index contributed by atoms with van der Waals surface area (Å²) >= 11 is 1.49. The van der Waals surface area contributed by atoms with Crippen LogP contribution in [-0.4, -0.2) is 28.6 Å². The van der Waals surface area contributed by atoms with Gasteiger partial charge in [-0.05, 0) is 37.2 Å². The van der Waals surface area contributed by atoms with E-state index in [0.717, 1.165) is 17.9 Å². The zero-order chi connectivity index (χ0) is 14.4. The lowest BCUT2D eigenvalue weighted by Gasteiger charge is -2.07. The molecule has 20 heavy (non-hydrogen) atoms. The lowest BCUT2D eigenvalue weighted by Crippen LogP contribution is -2.07. The van der Waals surface area contributed by atoms with Crippen molar-refractivity contribution in [1.82, 2.24) is 15.0 Å². The van der Waals surface area contributed by atoms with Crippen LogP contribution >= 0.6 is 11.8 Å². The van der Waals surface area contributed by atoms with Gasteiger partial charge in [0.15, 0.2) is 0 Å². The summed E-state index contributed by atoms with van der Waals surface area (Å²) < 4.78 is 5.12. The Bertz CT molecular complexity index is 560. The lowest BCUT2D eigenvalue weighted by atomic mass is 10.2. The van der Waals surface area contributed by atoms with Crippen LogP contribution in [-0.2, 0) is 0 Å². The van der Waals surface area contributed by atoms with Gasteiger partial charge in [0.25, 0.3) is 0 Å². The molecule has 0 aliphatic heterocycles. The third-order valence-electron chi connectivity index (χ3n) is 2.54. The van der Waals surface area contributed by atoms with Crippen molar-refractivity contribution in [2.45, 2.75) is 30.3 Å². The van der Waals surface area contributed by atoms with Crippen molar-refractivity contribution >= 4 is 17.7 Å². The van der Waals surface area contributed by atoms with Crippen molar-refractivity contribution in [2.24, 2.45) is 0 Å². The lowest BCUT2D eigenvalue weighted by molar-refractivity contribution is 0.373. The zero-order valence-electron chi connectivity index (χ0n) is 11.9. The monoisotopic (exact) mass is 290 g/mol. The maximum Gasteiger partial charge on any atom is 0.321 e. The molecule has 0 radical (unpaired) electrons. The van der Waals surface area contributed by atoms with E-state index in [1.807, 2.05) is 0 Å². The molecule has 1 heterocycles. The smallest absolute Gasteiger partial charge is 0.321 e. The molecule has 0 aliphatic carbocycles. The molecule has 106 valence electrons. The first-order valence-corrected chi connectivity index (χ1v) is 7.31. The highest BCUT2D eigenvalue weighted by atomic mass is 32.2. The van der Waals surface area contributed by atoms with Crippen molar-refractivity contribution in [3.8, 4) is 6.01 Å². The molecule has 0 saturated carbocycles. The molecule has 2 rings (SSSR count). The summed E-state index contributed by atoms with van der Waals surface area (Å²) in [7, 11) is 1.55. The fourth-order valence-electron chi connectivity index (χ4n) is 1.50. The second-order valence-electron chi connectivity index (χ2n) is 4.27. The van der Waals surface area contributed by atoms with E-state index in [1.54, 1.807) is 7.11 Å². The van der Waals surface area contributed by atoms with E-state index in [1.165, 1.54) is 17.3 Å². The molecule has 2 aromatic rings.